The second-order valence-electron chi connectivity index (χ2n) is 4.23. The number of ether oxygens (including phenoxy) is 1. The van der Waals surface area contributed by atoms with E-state index in [1.807, 2.05) is 18.2 Å². The molecule has 1 aromatic carbocycles. The number of hydrogen-bond acceptors (Lipinski definition) is 3. The first-order valence-corrected chi connectivity index (χ1v) is 5.88. The Morgan fingerprint density at radius 3 is 2.94 bits per heavy atom. The van der Waals surface area contributed by atoms with Crippen molar-refractivity contribution < 1.29 is 9.53 Å². The van der Waals surface area contributed by atoms with Crippen LogP contribution in [0.1, 0.15) is 12.0 Å². The molecule has 0 bridgehead atoms. The highest BCUT2D eigenvalue weighted by atomic mass is 35.5. The molecule has 2 rings (SSSR count). The standard InChI is InChI=1S/C12H15ClN2O2/c13-10-4-2-1-3-9(10)7-15-11(16)12(14)5-6-17-8-12/h1-4H,5-8,14H2,(H,15,16). The van der Waals surface area contributed by atoms with Crippen LogP contribution >= 0.6 is 11.6 Å². The summed E-state index contributed by atoms with van der Waals surface area (Å²) in [5.74, 6) is -0.185. The minimum Gasteiger partial charge on any atom is -0.379 e. The maximum Gasteiger partial charge on any atom is 0.242 e. The van der Waals surface area contributed by atoms with Crippen LogP contribution in [0.4, 0.5) is 0 Å². The molecule has 1 fully saturated rings. The lowest BCUT2D eigenvalue weighted by atomic mass is 9.99. The normalized spacial score (nSPS) is 23.6. The Kier molecular flexibility index (Phi) is 3.66. The van der Waals surface area contributed by atoms with Crippen molar-refractivity contribution in [1.82, 2.24) is 5.32 Å². The Balaban J connectivity index is 1.94. The molecule has 1 aromatic rings. The van der Waals surface area contributed by atoms with Gasteiger partial charge in [0.05, 0.1) is 6.61 Å². The predicted octanol–water partition coefficient (Wildman–Crippen LogP) is 1.07. The lowest BCUT2D eigenvalue weighted by Crippen LogP contribution is -2.54. The highest BCUT2D eigenvalue weighted by Crippen LogP contribution is 2.17. The van der Waals surface area contributed by atoms with Gasteiger partial charge >= 0.3 is 0 Å². The molecule has 5 heteroatoms. The van der Waals surface area contributed by atoms with Crippen LogP contribution in [-0.4, -0.2) is 24.7 Å². The quantitative estimate of drug-likeness (QED) is 0.848. The summed E-state index contributed by atoms with van der Waals surface area (Å²) >= 11 is 5.99. The number of hydrogen-bond donors (Lipinski definition) is 2. The van der Waals surface area contributed by atoms with Gasteiger partial charge in [0.1, 0.15) is 5.54 Å². The highest BCUT2D eigenvalue weighted by Gasteiger charge is 2.37. The zero-order valence-electron chi connectivity index (χ0n) is 9.41. The van der Waals surface area contributed by atoms with Crippen molar-refractivity contribution in [1.29, 1.82) is 0 Å². The number of benzene rings is 1. The van der Waals surface area contributed by atoms with Gasteiger partial charge in [0.2, 0.25) is 5.91 Å². The molecule has 1 aliphatic heterocycles. The Hall–Kier alpha value is -1.10. The first-order valence-electron chi connectivity index (χ1n) is 5.50. The molecular formula is C12H15ClN2O2. The number of nitrogens with one attached hydrogen (secondary N) is 1. The van der Waals surface area contributed by atoms with E-state index in [0.717, 1.165) is 5.56 Å². The van der Waals surface area contributed by atoms with Crippen LogP contribution in [0, 0.1) is 0 Å². The minimum atomic E-state index is -0.888. The summed E-state index contributed by atoms with van der Waals surface area (Å²) in [6.45, 7) is 1.20. The van der Waals surface area contributed by atoms with E-state index < -0.39 is 5.54 Å². The summed E-state index contributed by atoms with van der Waals surface area (Å²) in [5.41, 5.74) is 5.93. The molecule has 1 saturated heterocycles. The van der Waals surface area contributed by atoms with Crippen LogP contribution in [0.25, 0.3) is 0 Å². The molecule has 17 heavy (non-hydrogen) atoms. The number of halogens is 1. The van der Waals surface area contributed by atoms with Crippen molar-refractivity contribution in [2.45, 2.75) is 18.5 Å². The molecule has 0 radical (unpaired) electrons. The molecular weight excluding hydrogens is 240 g/mol. The fourth-order valence-electron chi connectivity index (χ4n) is 1.75. The summed E-state index contributed by atoms with van der Waals surface area (Å²) < 4.78 is 5.15. The Morgan fingerprint density at radius 2 is 2.29 bits per heavy atom. The zero-order chi connectivity index (χ0) is 12.3. The molecule has 1 heterocycles. The summed E-state index contributed by atoms with van der Waals surface area (Å²) in [6, 6.07) is 7.39. The summed E-state index contributed by atoms with van der Waals surface area (Å²) in [7, 11) is 0. The van der Waals surface area contributed by atoms with Gasteiger partial charge in [0.25, 0.3) is 0 Å². The van der Waals surface area contributed by atoms with Crippen LogP contribution in [0.15, 0.2) is 24.3 Å². The maximum absolute atomic E-state index is 11.9. The van der Waals surface area contributed by atoms with Crippen LogP contribution in [0.5, 0.6) is 0 Å². The summed E-state index contributed by atoms with van der Waals surface area (Å²) in [4.78, 5) is 11.9. The number of nitrogens with two attached hydrogens (primary N) is 1. The van der Waals surface area contributed by atoms with Crippen molar-refractivity contribution >= 4 is 17.5 Å². The van der Waals surface area contributed by atoms with Gasteiger partial charge in [-0.1, -0.05) is 29.8 Å². The Morgan fingerprint density at radius 1 is 1.53 bits per heavy atom. The molecule has 1 atom stereocenters. The first-order chi connectivity index (χ1) is 8.12. The van der Waals surface area contributed by atoms with E-state index in [1.165, 1.54) is 0 Å². The molecule has 0 spiro atoms. The average Bonchev–Trinajstić information content (AvgIpc) is 2.76. The topological polar surface area (TPSA) is 64.4 Å². The van der Waals surface area contributed by atoms with E-state index in [1.54, 1.807) is 6.07 Å². The summed E-state index contributed by atoms with van der Waals surface area (Å²) in [5, 5.41) is 3.43. The van der Waals surface area contributed by atoms with Crippen molar-refractivity contribution in [3.8, 4) is 0 Å². The third kappa shape index (κ3) is 2.77. The van der Waals surface area contributed by atoms with E-state index in [0.29, 0.717) is 24.6 Å². The van der Waals surface area contributed by atoms with Crippen molar-refractivity contribution in [3.05, 3.63) is 34.9 Å². The molecule has 1 aliphatic rings. The summed E-state index contributed by atoms with van der Waals surface area (Å²) in [6.07, 6.45) is 0.557. The minimum absolute atomic E-state index is 0.185. The maximum atomic E-state index is 11.9. The molecule has 0 saturated carbocycles. The highest BCUT2D eigenvalue weighted by molar-refractivity contribution is 6.31. The number of carbonyl (C=O) groups is 1. The smallest absolute Gasteiger partial charge is 0.242 e. The van der Waals surface area contributed by atoms with Gasteiger partial charge in [-0.2, -0.15) is 0 Å². The molecule has 4 nitrogen and oxygen atoms in total. The van der Waals surface area contributed by atoms with Crippen molar-refractivity contribution in [2.75, 3.05) is 13.2 Å². The monoisotopic (exact) mass is 254 g/mol. The molecule has 0 aliphatic carbocycles. The lowest BCUT2D eigenvalue weighted by molar-refractivity contribution is -0.126. The third-order valence-electron chi connectivity index (χ3n) is 2.90. The molecule has 1 amide bonds. The van der Waals surface area contributed by atoms with E-state index in [9.17, 15) is 4.79 Å². The van der Waals surface area contributed by atoms with Crippen LogP contribution in [-0.2, 0) is 16.1 Å². The molecule has 3 N–H and O–H groups in total. The van der Waals surface area contributed by atoms with Crippen molar-refractivity contribution in [3.63, 3.8) is 0 Å². The van der Waals surface area contributed by atoms with Gasteiger partial charge in [-0.15, -0.1) is 0 Å². The SMILES string of the molecule is NC1(C(=O)NCc2ccccc2Cl)CCOC1. The second kappa shape index (κ2) is 5.04. The lowest BCUT2D eigenvalue weighted by Gasteiger charge is -2.20. The van der Waals surface area contributed by atoms with E-state index >= 15 is 0 Å². The van der Waals surface area contributed by atoms with Crippen molar-refractivity contribution in [2.24, 2.45) is 5.73 Å². The van der Waals surface area contributed by atoms with Crippen LogP contribution in [0.2, 0.25) is 5.02 Å². The number of carbonyl (C=O) groups excluding carboxylic acids is 1. The van der Waals surface area contributed by atoms with E-state index in [2.05, 4.69) is 5.32 Å². The van der Waals surface area contributed by atoms with Gasteiger partial charge in [0.15, 0.2) is 0 Å². The zero-order valence-corrected chi connectivity index (χ0v) is 10.2. The van der Waals surface area contributed by atoms with E-state index in [-0.39, 0.29) is 12.5 Å². The van der Waals surface area contributed by atoms with Gasteiger partial charge in [-0.05, 0) is 18.1 Å². The van der Waals surface area contributed by atoms with Gasteiger partial charge < -0.3 is 15.8 Å². The van der Waals surface area contributed by atoms with Crippen LogP contribution < -0.4 is 11.1 Å². The van der Waals surface area contributed by atoms with Crippen LogP contribution in [0.3, 0.4) is 0 Å². The largest absolute Gasteiger partial charge is 0.379 e. The van der Waals surface area contributed by atoms with Gasteiger partial charge in [0, 0.05) is 18.2 Å². The van der Waals surface area contributed by atoms with E-state index in [4.69, 9.17) is 22.1 Å². The second-order valence-corrected chi connectivity index (χ2v) is 4.64. The number of amides is 1. The van der Waals surface area contributed by atoms with Gasteiger partial charge in [-0.3, -0.25) is 4.79 Å². The molecule has 92 valence electrons. The Bertz CT molecular complexity index is 417. The predicted molar refractivity (Wildman–Crippen MR) is 65.7 cm³/mol. The first kappa shape index (κ1) is 12.4. The fourth-order valence-corrected chi connectivity index (χ4v) is 1.96. The molecule has 1 unspecified atom stereocenters. The molecule has 0 aromatic heterocycles. The third-order valence-corrected chi connectivity index (χ3v) is 3.27. The number of rotatable bonds is 3. The fraction of sp³-hybridized carbons (Fsp3) is 0.417. The average molecular weight is 255 g/mol. The Labute approximate surface area is 105 Å². The van der Waals surface area contributed by atoms with Gasteiger partial charge in [-0.25, -0.2) is 0 Å².